The molecule has 3 aromatic rings. The molecule has 0 unspecified atom stereocenters. The lowest BCUT2D eigenvalue weighted by Crippen LogP contribution is -2.32. The second kappa shape index (κ2) is 9.98. The van der Waals surface area contributed by atoms with E-state index in [-0.39, 0.29) is 18.1 Å². The summed E-state index contributed by atoms with van der Waals surface area (Å²) in [7, 11) is -0.183. The molecule has 0 bridgehead atoms. The third kappa shape index (κ3) is 5.09. The van der Waals surface area contributed by atoms with Crippen molar-refractivity contribution in [1.82, 2.24) is 0 Å². The average Bonchev–Trinajstić information content (AvgIpc) is 2.81. The summed E-state index contributed by atoms with van der Waals surface area (Å²) in [6.45, 7) is -0.383. The molecular weight excluding hydrogens is 412 g/mol. The number of rotatable bonds is 10. The molecule has 0 aliphatic rings. The Kier molecular flexibility index (Phi) is 7.36. The molecule has 164 valence electrons. The molecule has 0 fully saturated rings. The van der Waals surface area contributed by atoms with Gasteiger partial charge in [-0.1, -0.05) is 54.6 Å². The SMILES string of the molecule is COc1ccc(C(CCS(=O)(=O)CCO)(c2ccccc2)c2ccc(OC)cc2)cc1. The number of hydrogen-bond acceptors (Lipinski definition) is 5. The average molecular weight is 441 g/mol. The Bertz CT molecular complexity index is 1010. The molecule has 0 aliphatic carbocycles. The molecule has 0 heterocycles. The van der Waals surface area contributed by atoms with Crippen LogP contribution in [-0.4, -0.2) is 45.9 Å². The molecule has 6 heteroatoms. The summed E-state index contributed by atoms with van der Waals surface area (Å²) in [5, 5.41) is 9.19. The highest BCUT2D eigenvalue weighted by molar-refractivity contribution is 7.91. The summed E-state index contributed by atoms with van der Waals surface area (Å²) in [4.78, 5) is 0. The third-order valence-corrected chi connectivity index (χ3v) is 7.25. The lowest BCUT2D eigenvalue weighted by molar-refractivity contribution is 0.319. The Morgan fingerprint density at radius 3 is 1.58 bits per heavy atom. The minimum absolute atomic E-state index is 0.0550. The predicted octanol–water partition coefficient (Wildman–Crippen LogP) is 3.84. The van der Waals surface area contributed by atoms with Crippen LogP contribution in [0.15, 0.2) is 78.9 Å². The summed E-state index contributed by atoms with van der Waals surface area (Å²) in [6, 6.07) is 25.4. The van der Waals surface area contributed by atoms with Crippen LogP contribution in [0.1, 0.15) is 23.1 Å². The van der Waals surface area contributed by atoms with E-state index < -0.39 is 15.3 Å². The monoisotopic (exact) mass is 440 g/mol. The highest BCUT2D eigenvalue weighted by atomic mass is 32.2. The van der Waals surface area contributed by atoms with Gasteiger partial charge in [0.15, 0.2) is 9.84 Å². The summed E-state index contributed by atoms with van der Waals surface area (Å²) in [5.74, 6) is 1.16. The first-order chi connectivity index (χ1) is 14.9. The van der Waals surface area contributed by atoms with Crippen molar-refractivity contribution in [2.45, 2.75) is 11.8 Å². The lowest BCUT2D eigenvalue weighted by atomic mass is 9.67. The van der Waals surface area contributed by atoms with Gasteiger partial charge in [-0.3, -0.25) is 0 Å². The Morgan fingerprint density at radius 1 is 0.710 bits per heavy atom. The Labute approximate surface area is 184 Å². The maximum Gasteiger partial charge on any atom is 0.152 e. The van der Waals surface area contributed by atoms with Crippen molar-refractivity contribution < 1.29 is 23.0 Å². The fraction of sp³-hybridized carbons (Fsp3) is 0.280. The van der Waals surface area contributed by atoms with Crippen molar-refractivity contribution in [1.29, 1.82) is 0 Å². The van der Waals surface area contributed by atoms with E-state index in [0.717, 1.165) is 28.2 Å². The van der Waals surface area contributed by atoms with E-state index in [9.17, 15) is 13.5 Å². The van der Waals surface area contributed by atoms with Gasteiger partial charge in [0.05, 0.1) is 32.3 Å². The van der Waals surface area contributed by atoms with Crippen molar-refractivity contribution in [3.8, 4) is 11.5 Å². The first-order valence-electron chi connectivity index (χ1n) is 10.1. The van der Waals surface area contributed by atoms with Gasteiger partial charge in [0.2, 0.25) is 0 Å². The van der Waals surface area contributed by atoms with Crippen molar-refractivity contribution >= 4 is 9.84 Å². The van der Waals surface area contributed by atoms with E-state index in [1.807, 2.05) is 78.9 Å². The van der Waals surface area contributed by atoms with Gasteiger partial charge in [-0.05, 0) is 47.4 Å². The summed E-state index contributed by atoms with van der Waals surface area (Å²) < 4.78 is 35.8. The molecule has 0 saturated carbocycles. The molecule has 1 N–H and O–H groups in total. The fourth-order valence-electron chi connectivity index (χ4n) is 3.96. The molecule has 3 rings (SSSR count). The standard InChI is InChI=1S/C25H28O5S/c1-29-23-12-8-21(9-13-23)25(20-6-4-3-5-7-20,16-18-31(27,28)19-17-26)22-10-14-24(30-2)15-11-22/h3-15,26H,16-19H2,1-2H3. The van der Waals surface area contributed by atoms with Crippen molar-refractivity contribution in [3.05, 3.63) is 95.6 Å². The van der Waals surface area contributed by atoms with Gasteiger partial charge < -0.3 is 14.6 Å². The summed E-state index contributed by atoms with van der Waals surface area (Å²) >= 11 is 0. The van der Waals surface area contributed by atoms with E-state index >= 15 is 0 Å². The molecule has 3 aromatic carbocycles. The molecule has 0 radical (unpaired) electrons. The van der Waals surface area contributed by atoms with E-state index in [1.54, 1.807) is 14.2 Å². The highest BCUT2D eigenvalue weighted by Crippen LogP contribution is 2.43. The van der Waals surface area contributed by atoms with Crippen molar-refractivity contribution in [3.63, 3.8) is 0 Å². The van der Waals surface area contributed by atoms with Crippen LogP contribution in [-0.2, 0) is 15.3 Å². The Balaban J connectivity index is 2.23. The van der Waals surface area contributed by atoms with Crippen molar-refractivity contribution in [2.75, 3.05) is 32.3 Å². The number of aliphatic hydroxyl groups is 1. The fourth-order valence-corrected chi connectivity index (χ4v) is 5.06. The molecule has 0 aromatic heterocycles. The normalized spacial score (nSPS) is 11.8. The number of hydrogen-bond donors (Lipinski definition) is 1. The zero-order chi connectivity index (χ0) is 22.3. The van der Waals surface area contributed by atoms with E-state index in [4.69, 9.17) is 9.47 Å². The first-order valence-corrected chi connectivity index (χ1v) is 11.9. The maximum absolute atomic E-state index is 12.6. The van der Waals surface area contributed by atoms with Crippen LogP contribution in [0, 0.1) is 0 Å². The second-order valence-corrected chi connectivity index (χ2v) is 9.66. The van der Waals surface area contributed by atoms with Crippen LogP contribution in [0.3, 0.4) is 0 Å². The van der Waals surface area contributed by atoms with Gasteiger partial charge in [-0.25, -0.2) is 8.42 Å². The Morgan fingerprint density at radius 2 is 1.16 bits per heavy atom. The van der Waals surface area contributed by atoms with Crippen molar-refractivity contribution in [2.24, 2.45) is 0 Å². The number of methoxy groups -OCH3 is 2. The Hall–Kier alpha value is -2.83. The highest BCUT2D eigenvalue weighted by Gasteiger charge is 2.37. The lowest BCUT2D eigenvalue weighted by Gasteiger charge is -2.36. The molecule has 5 nitrogen and oxygen atoms in total. The second-order valence-electron chi connectivity index (χ2n) is 7.35. The molecule has 0 amide bonds. The molecule has 0 saturated heterocycles. The predicted molar refractivity (Wildman–Crippen MR) is 123 cm³/mol. The van der Waals surface area contributed by atoms with Gasteiger partial charge in [-0.2, -0.15) is 0 Å². The van der Waals surface area contributed by atoms with Crippen LogP contribution in [0.4, 0.5) is 0 Å². The van der Waals surface area contributed by atoms with E-state index in [0.29, 0.717) is 6.42 Å². The van der Waals surface area contributed by atoms with E-state index in [2.05, 4.69) is 0 Å². The quantitative estimate of drug-likeness (QED) is 0.485. The number of aliphatic hydroxyl groups excluding tert-OH is 1. The third-order valence-electron chi connectivity index (χ3n) is 5.62. The first kappa shape index (κ1) is 22.8. The largest absolute Gasteiger partial charge is 0.497 e. The van der Waals surface area contributed by atoms with Gasteiger partial charge >= 0.3 is 0 Å². The minimum atomic E-state index is -3.41. The molecule has 31 heavy (non-hydrogen) atoms. The number of sulfone groups is 1. The molecule has 0 aliphatic heterocycles. The minimum Gasteiger partial charge on any atom is -0.497 e. The van der Waals surface area contributed by atoms with Gasteiger partial charge in [0.25, 0.3) is 0 Å². The van der Waals surface area contributed by atoms with Crippen LogP contribution in [0.5, 0.6) is 11.5 Å². The molecule has 0 atom stereocenters. The van der Waals surface area contributed by atoms with Crippen LogP contribution in [0.2, 0.25) is 0 Å². The number of benzene rings is 3. The van der Waals surface area contributed by atoms with Gasteiger partial charge in [-0.15, -0.1) is 0 Å². The van der Waals surface area contributed by atoms with Crippen LogP contribution in [0.25, 0.3) is 0 Å². The zero-order valence-corrected chi connectivity index (χ0v) is 18.6. The topological polar surface area (TPSA) is 72.8 Å². The van der Waals surface area contributed by atoms with Gasteiger partial charge in [0, 0.05) is 5.41 Å². The molecular formula is C25H28O5S. The smallest absolute Gasteiger partial charge is 0.152 e. The summed E-state index contributed by atoms with van der Waals surface area (Å²) in [5.41, 5.74) is 2.21. The summed E-state index contributed by atoms with van der Waals surface area (Å²) in [6.07, 6.45) is 0.331. The van der Waals surface area contributed by atoms with Gasteiger partial charge in [0.1, 0.15) is 11.5 Å². The molecule has 0 spiro atoms. The zero-order valence-electron chi connectivity index (χ0n) is 17.8. The van der Waals surface area contributed by atoms with Crippen LogP contribution >= 0.6 is 0 Å². The van der Waals surface area contributed by atoms with Crippen LogP contribution < -0.4 is 9.47 Å². The van der Waals surface area contributed by atoms with E-state index in [1.165, 1.54) is 0 Å². The maximum atomic E-state index is 12.6. The number of ether oxygens (including phenoxy) is 2.